The summed E-state index contributed by atoms with van der Waals surface area (Å²) in [6.07, 6.45) is 0.384. The molecule has 1 N–H and O–H groups in total. The minimum absolute atomic E-state index is 0.0161. The quantitative estimate of drug-likeness (QED) is 0.614. The van der Waals surface area contributed by atoms with E-state index >= 15 is 0 Å². The molecule has 27 heavy (non-hydrogen) atoms. The predicted octanol–water partition coefficient (Wildman–Crippen LogP) is 3.40. The maximum absolute atomic E-state index is 11.5. The Hall–Kier alpha value is -2.37. The topological polar surface area (TPSA) is 59.0 Å². The van der Waals surface area contributed by atoms with E-state index in [-0.39, 0.29) is 12.6 Å². The highest BCUT2D eigenvalue weighted by Crippen LogP contribution is 2.16. The van der Waals surface area contributed by atoms with Gasteiger partial charge in [-0.2, -0.15) is 0 Å². The molecule has 0 spiro atoms. The van der Waals surface area contributed by atoms with Crippen LogP contribution in [0.15, 0.2) is 54.6 Å². The van der Waals surface area contributed by atoms with Crippen molar-refractivity contribution in [3.05, 3.63) is 65.7 Å². The zero-order chi connectivity index (χ0) is 19.5. The summed E-state index contributed by atoms with van der Waals surface area (Å²) in [6, 6.07) is 18.0. The van der Waals surface area contributed by atoms with Crippen LogP contribution in [-0.2, 0) is 22.6 Å². The van der Waals surface area contributed by atoms with E-state index in [0.717, 1.165) is 23.3 Å². The molecule has 0 radical (unpaired) electrons. The van der Waals surface area contributed by atoms with Crippen molar-refractivity contribution in [2.45, 2.75) is 39.0 Å². The molecule has 0 heterocycles. The van der Waals surface area contributed by atoms with Crippen molar-refractivity contribution in [3.8, 4) is 5.75 Å². The smallest absolute Gasteiger partial charge is 0.305 e. The van der Waals surface area contributed by atoms with Crippen LogP contribution in [0.1, 0.15) is 30.9 Å². The van der Waals surface area contributed by atoms with Crippen LogP contribution in [0.25, 0.3) is 0 Å². The average molecular weight is 371 g/mol. The number of carbonyl (C=O) groups is 1. The Morgan fingerprint density at radius 1 is 1.07 bits per heavy atom. The first-order valence-electron chi connectivity index (χ1n) is 9.33. The van der Waals surface area contributed by atoms with E-state index in [1.54, 1.807) is 7.11 Å². The Morgan fingerprint density at radius 3 is 2.48 bits per heavy atom. The van der Waals surface area contributed by atoms with E-state index in [4.69, 9.17) is 9.47 Å². The molecule has 0 aliphatic heterocycles. The van der Waals surface area contributed by atoms with E-state index in [0.29, 0.717) is 26.1 Å². The highest BCUT2D eigenvalue weighted by atomic mass is 16.5. The molecule has 1 atom stereocenters. The van der Waals surface area contributed by atoms with Crippen LogP contribution in [0.3, 0.4) is 0 Å². The molecule has 0 saturated heterocycles. The van der Waals surface area contributed by atoms with Gasteiger partial charge in [-0.15, -0.1) is 0 Å². The molecule has 0 fully saturated rings. The van der Waals surface area contributed by atoms with Crippen LogP contribution in [0.4, 0.5) is 0 Å². The zero-order valence-electron chi connectivity index (χ0n) is 16.1. The van der Waals surface area contributed by atoms with Crippen molar-refractivity contribution in [2.75, 3.05) is 20.3 Å². The molecule has 0 amide bonds. The summed E-state index contributed by atoms with van der Waals surface area (Å²) in [4.78, 5) is 13.7. The zero-order valence-corrected chi connectivity index (χ0v) is 16.1. The fraction of sp³-hybridized carbons (Fsp3) is 0.409. The number of ether oxygens (including phenoxy) is 2. The van der Waals surface area contributed by atoms with Gasteiger partial charge >= 0.3 is 5.97 Å². The molecule has 2 aromatic rings. The number of nitrogens with zero attached hydrogens (tertiary/aromatic N) is 1. The van der Waals surface area contributed by atoms with Crippen LogP contribution >= 0.6 is 0 Å². The molecule has 1 unspecified atom stereocenters. The maximum Gasteiger partial charge on any atom is 0.305 e. The van der Waals surface area contributed by atoms with Gasteiger partial charge in [0.05, 0.1) is 7.11 Å². The van der Waals surface area contributed by atoms with E-state index in [2.05, 4.69) is 17.0 Å². The van der Waals surface area contributed by atoms with Gasteiger partial charge in [0.25, 0.3) is 0 Å². The Morgan fingerprint density at radius 2 is 1.78 bits per heavy atom. The molecular formula is C22H29NO4. The highest BCUT2D eigenvalue weighted by Gasteiger charge is 2.15. The van der Waals surface area contributed by atoms with Crippen LogP contribution in [0.2, 0.25) is 0 Å². The molecular weight excluding hydrogens is 342 g/mol. The first-order valence-corrected chi connectivity index (χ1v) is 9.33. The molecule has 0 aromatic heterocycles. The van der Waals surface area contributed by atoms with Gasteiger partial charge in [0.2, 0.25) is 0 Å². The third-order valence-electron chi connectivity index (χ3n) is 4.15. The second-order valence-electron chi connectivity index (χ2n) is 6.59. The lowest BCUT2D eigenvalue weighted by Gasteiger charge is -2.25. The number of rotatable bonds is 11. The highest BCUT2D eigenvalue weighted by molar-refractivity contribution is 5.69. The minimum atomic E-state index is -0.736. The van der Waals surface area contributed by atoms with Gasteiger partial charge < -0.3 is 14.6 Å². The van der Waals surface area contributed by atoms with Gasteiger partial charge in [-0.3, -0.25) is 9.69 Å². The predicted molar refractivity (Wildman–Crippen MR) is 105 cm³/mol. The Balaban J connectivity index is 2.01. The summed E-state index contributed by atoms with van der Waals surface area (Å²) in [6.45, 7) is 3.70. The van der Waals surface area contributed by atoms with Crippen LogP contribution < -0.4 is 4.74 Å². The average Bonchev–Trinajstić information content (AvgIpc) is 2.67. The van der Waals surface area contributed by atoms with Crippen LogP contribution in [-0.4, -0.2) is 42.3 Å². The molecule has 2 aromatic carbocycles. The number of carbonyl (C=O) groups excluding carboxylic acids is 1. The molecule has 5 heteroatoms. The standard InChI is InChI=1S/C22H29NO4/c1-3-8-22(25)27-17-20(24)16-23(14-18-9-5-4-6-10-18)15-19-11-7-12-21(13-19)26-2/h4-7,9-13,20,24H,3,8,14-17H2,1-2H3. The van der Waals surface area contributed by atoms with Gasteiger partial charge in [-0.25, -0.2) is 0 Å². The monoisotopic (exact) mass is 371 g/mol. The first-order chi connectivity index (χ1) is 13.1. The largest absolute Gasteiger partial charge is 0.497 e. The number of aliphatic hydroxyl groups excluding tert-OH is 1. The lowest BCUT2D eigenvalue weighted by molar-refractivity contribution is -0.147. The second kappa shape index (κ2) is 11.4. The summed E-state index contributed by atoms with van der Waals surface area (Å²) in [5, 5.41) is 10.3. The number of aliphatic hydroxyl groups is 1. The van der Waals surface area contributed by atoms with E-state index in [9.17, 15) is 9.90 Å². The maximum atomic E-state index is 11.5. The van der Waals surface area contributed by atoms with Crippen molar-refractivity contribution in [1.29, 1.82) is 0 Å². The molecule has 5 nitrogen and oxygen atoms in total. The normalized spacial score (nSPS) is 12.0. The van der Waals surface area contributed by atoms with Crippen molar-refractivity contribution >= 4 is 5.97 Å². The minimum Gasteiger partial charge on any atom is -0.497 e. The number of hydrogen-bond acceptors (Lipinski definition) is 5. The van der Waals surface area contributed by atoms with Crippen LogP contribution in [0, 0.1) is 0 Å². The molecule has 146 valence electrons. The summed E-state index contributed by atoms with van der Waals surface area (Å²) >= 11 is 0. The fourth-order valence-corrected chi connectivity index (χ4v) is 2.87. The van der Waals surface area contributed by atoms with Crippen molar-refractivity contribution in [3.63, 3.8) is 0 Å². The second-order valence-corrected chi connectivity index (χ2v) is 6.59. The summed E-state index contributed by atoms with van der Waals surface area (Å²) in [5.41, 5.74) is 2.26. The van der Waals surface area contributed by atoms with Crippen molar-refractivity contribution in [2.24, 2.45) is 0 Å². The number of hydrogen-bond donors (Lipinski definition) is 1. The lowest BCUT2D eigenvalue weighted by Crippen LogP contribution is -2.34. The van der Waals surface area contributed by atoms with Gasteiger partial charge in [0.15, 0.2) is 0 Å². The van der Waals surface area contributed by atoms with Crippen molar-refractivity contribution < 1.29 is 19.4 Å². The molecule has 0 aliphatic rings. The SMILES string of the molecule is CCCC(=O)OCC(O)CN(Cc1ccccc1)Cc1cccc(OC)c1. The molecule has 0 saturated carbocycles. The number of methoxy groups -OCH3 is 1. The van der Waals surface area contributed by atoms with E-state index in [1.165, 1.54) is 0 Å². The lowest BCUT2D eigenvalue weighted by atomic mass is 10.1. The summed E-state index contributed by atoms with van der Waals surface area (Å²) in [5.74, 6) is 0.542. The Bertz CT molecular complexity index is 690. The van der Waals surface area contributed by atoms with Crippen LogP contribution in [0.5, 0.6) is 5.75 Å². The Labute approximate surface area is 161 Å². The molecule has 0 bridgehead atoms. The Kier molecular flexibility index (Phi) is 8.81. The van der Waals surface area contributed by atoms with Gasteiger partial charge in [0, 0.05) is 26.1 Å². The fourth-order valence-electron chi connectivity index (χ4n) is 2.87. The van der Waals surface area contributed by atoms with Gasteiger partial charge in [0.1, 0.15) is 18.5 Å². The van der Waals surface area contributed by atoms with Gasteiger partial charge in [-0.1, -0.05) is 49.4 Å². The number of benzene rings is 2. The summed E-state index contributed by atoms with van der Waals surface area (Å²) in [7, 11) is 1.65. The summed E-state index contributed by atoms with van der Waals surface area (Å²) < 4.78 is 10.4. The van der Waals surface area contributed by atoms with E-state index in [1.807, 2.05) is 49.4 Å². The van der Waals surface area contributed by atoms with Gasteiger partial charge in [-0.05, 0) is 29.7 Å². The third kappa shape index (κ3) is 7.81. The number of esters is 1. The van der Waals surface area contributed by atoms with E-state index < -0.39 is 6.10 Å². The first kappa shape index (κ1) is 20.9. The molecule has 2 rings (SSSR count). The third-order valence-corrected chi connectivity index (χ3v) is 4.15. The molecule has 0 aliphatic carbocycles. The van der Waals surface area contributed by atoms with Crippen molar-refractivity contribution in [1.82, 2.24) is 4.90 Å².